The molecule has 0 bridgehead atoms. The zero-order valence-electron chi connectivity index (χ0n) is 12.5. The van der Waals surface area contributed by atoms with E-state index < -0.39 is 0 Å². The first-order valence-corrected chi connectivity index (χ1v) is 8.20. The van der Waals surface area contributed by atoms with E-state index in [1.165, 1.54) is 7.11 Å². The molecule has 1 aliphatic carbocycles. The van der Waals surface area contributed by atoms with Gasteiger partial charge in [0, 0.05) is 5.69 Å². The van der Waals surface area contributed by atoms with Crippen molar-refractivity contribution in [3.63, 3.8) is 0 Å². The van der Waals surface area contributed by atoms with Gasteiger partial charge in [-0.05, 0) is 42.6 Å². The second-order valence-corrected chi connectivity index (χ2v) is 6.59. The summed E-state index contributed by atoms with van der Waals surface area (Å²) in [7, 11) is 1.42. The zero-order chi connectivity index (χ0) is 15.3. The SMILES string of the molecule is COC(=O)CC1(CSCC(=O)Nc2ccccc2C)CC1. The summed E-state index contributed by atoms with van der Waals surface area (Å²) in [5.74, 6) is 1.10. The van der Waals surface area contributed by atoms with Crippen LogP contribution in [0, 0.1) is 12.3 Å². The number of anilines is 1. The van der Waals surface area contributed by atoms with E-state index in [1.54, 1.807) is 11.8 Å². The number of aryl methyl sites for hydroxylation is 1. The lowest BCUT2D eigenvalue weighted by Gasteiger charge is -2.13. The quantitative estimate of drug-likeness (QED) is 0.787. The van der Waals surface area contributed by atoms with Crippen LogP contribution in [0.15, 0.2) is 24.3 Å². The fraction of sp³-hybridized carbons (Fsp3) is 0.500. The number of amides is 1. The monoisotopic (exact) mass is 307 g/mol. The van der Waals surface area contributed by atoms with E-state index in [-0.39, 0.29) is 17.3 Å². The van der Waals surface area contributed by atoms with Gasteiger partial charge in [-0.15, -0.1) is 0 Å². The smallest absolute Gasteiger partial charge is 0.306 e. The second kappa shape index (κ2) is 6.98. The molecule has 0 atom stereocenters. The summed E-state index contributed by atoms with van der Waals surface area (Å²) in [5.41, 5.74) is 1.99. The van der Waals surface area contributed by atoms with Crippen molar-refractivity contribution in [3.8, 4) is 0 Å². The Morgan fingerprint density at radius 3 is 2.67 bits per heavy atom. The zero-order valence-corrected chi connectivity index (χ0v) is 13.3. The Labute approximate surface area is 129 Å². The van der Waals surface area contributed by atoms with Crippen LogP contribution in [0.4, 0.5) is 5.69 Å². The Morgan fingerprint density at radius 2 is 2.05 bits per heavy atom. The fourth-order valence-corrected chi connectivity index (χ4v) is 3.37. The maximum absolute atomic E-state index is 11.9. The second-order valence-electron chi connectivity index (χ2n) is 5.61. The van der Waals surface area contributed by atoms with Gasteiger partial charge < -0.3 is 10.1 Å². The summed E-state index contributed by atoms with van der Waals surface area (Å²) in [6.45, 7) is 1.97. The molecule has 0 saturated heterocycles. The maximum atomic E-state index is 11.9. The number of hydrogen-bond acceptors (Lipinski definition) is 4. The molecule has 1 N–H and O–H groups in total. The van der Waals surface area contributed by atoms with E-state index in [9.17, 15) is 9.59 Å². The molecule has 0 radical (unpaired) electrons. The highest BCUT2D eigenvalue weighted by molar-refractivity contribution is 8.00. The van der Waals surface area contributed by atoms with E-state index in [0.29, 0.717) is 12.2 Å². The Hall–Kier alpha value is -1.49. The molecule has 0 aliphatic heterocycles. The fourth-order valence-electron chi connectivity index (χ4n) is 2.19. The molecule has 1 fully saturated rings. The number of nitrogens with one attached hydrogen (secondary N) is 1. The summed E-state index contributed by atoms with van der Waals surface area (Å²) in [6.07, 6.45) is 2.57. The van der Waals surface area contributed by atoms with E-state index in [1.807, 2.05) is 31.2 Å². The molecule has 1 amide bonds. The predicted molar refractivity (Wildman–Crippen MR) is 85.4 cm³/mol. The number of thioether (sulfide) groups is 1. The lowest BCUT2D eigenvalue weighted by molar-refractivity contribution is -0.141. The highest BCUT2D eigenvalue weighted by Crippen LogP contribution is 2.51. The van der Waals surface area contributed by atoms with Gasteiger partial charge in [0.05, 0.1) is 19.3 Å². The molecular formula is C16H21NO3S. The van der Waals surface area contributed by atoms with Crippen LogP contribution in [0.25, 0.3) is 0 Å². The van der Waals surface area contributed by atoms with Gasteiger partial charge in [-0.3, -0.25) is 9.59 Å². The number of para-hydroxylation sites is 1. The van der Waals surface area contributed by atoms with Crippen LogP contribution in [0.3, 0.4) is 0 Å². The number of methoxy groups -OCH3 is 1. The number of rotatable bonds is 7. The molecule has 2 rings (SSSR count). The van der Waals surface area contributed by atoms with E-state index >= 15 is 0 Å². The number of esters is 1. The van der Waals surface area contributed by atoms with Crippen LogP contribution in [0.1, 0.15) is 24.8 Å². The number of hydrogen-bond donors (Lipinski definition) is 1. The molecule has 114 valence electrons. The van der Waals surface area contributed by atoms with Gasteiger partial charge in [0.15, 0.2) is 0 Å². The molecule has 0 spiro atoms. The largest absolute Gasteiger partial charge is 0.469 e. The Kier molecular flexibility index (Phi) is 5.28. The molecule has 1 saturated carbocycles. The van der Waals surface area contributed by atoms with Crippen molar-refractivity contribution in [1.29, 1.82) is 0 Å². The molecule has 1 aliphatic rings. The summed E-state index contributed by atoms with van der Waals surface area (Å²) in [4.78, 5) is 23.3. The van der Waals surface area contributed by atoms with E-state index in [0.717, 1.165) is 29.8 Å². The van der Waals surface area contributed by atoms with Crippen LogP contribution in [0.5, 0.6) is 0 Å². The highest BCUT2D eigenvalue weighted by Gasteiger charge is 2.44. The third kappa shape index (κ3) is 4.77. The van der Waals surface area contributed by atoms with Crippen molar-refractivity contribution in [2.45, 2.75) is 26.2 Å². The lowest BCUT2D eigenvalue weighted by atomic mass is 10.1. The molecule has 0 aromatic heterocycles. The molecule has 1 aromatic rings. The summed E-state index contributed by atoms with van der Waals surface area (Å²) < 4.78 is 4.72. The third-order valence-electron chi connectivity index (χ3n) is 3.76. The van der Waals surface area contributed by atoms with Gasteiger partial charge in [-0.25, -0.2) is 0 Å². The van der Waals surface area contributed by atoms with Crippen molar-refractivity contribution in [2.75, 3.05) is 23.9 Å². The minimum absolute atomic E-state index is 0.00293. The van der Waals surface area contributed by atoms with E-state index in [4.69, 9.17) is 4.74 Å². The van der Waals surface area contributed by atoms with Crippen molar-refractivity contribution in [2.24, 2.45) is 5.41 Å². The first-order chi connectivity index (χ1) is 10.0. The van der Waals surface area contributed by atoms with Crippen LogP contribution >= 0.6 is 11.8 Å². The molecule has 21 heavy (non-hydrogen) atoms. The summed E-state index contributed by atoms with van der Waals surface area (Å²) in [6, 6.07) is 7.73. The number of carbonyl (C=O) groups is 2. The number of ether oxygens (including phenoxy) is 1. The molecule has 0 unspecified atom stereocenters. The van der Waals surface area contributed by atoms with Gasteiger partial charge in [0.2, 0.25) is 5.91 Å². The first-order valence-electron chi connectivity index (χ1n) is 7.05. The summed E-state index contributed by atoms with van der Waals surface area (Å²) >= 11 is 1.59. The van der Waals surface area contributed by atoms with Gasteiger partial charge in [0.25, 0.3) is 0 Å². The number of benzene rings is 1. The van der Waals surface area contributed by atoms with Crippen molar-refractivity contribution in [3.05, 3.63) is 29.8 Å². The Balaban J connectivity index is 1.73. The Morgan fingerprint density at radius 1 is 1.33 bits per heavy atom. The molecule has 1 aromatic carbocycles. The first kappa shape index (κ1) is 15.9. The standard InChI is InChI=1S/C16H21NO3S/c1-12-5-3-4-6-13(12)17-14(18)10-21-11-16(7-8-16)9-15(19)20-2/h3-6H,7-11H2,1-2H3,(H,17,18). The normalized spacial score (nSPS) is 15.3. The van der Waals surface area contributed by atoms with Crippen molar-refractivity contribution >= 4 is 29.3 Å². The minimum Gasteiger partial charge on any atom is -0.469 e. The summed E-state index contributed by atoms with van der Waals surface area (Å²) in [5, 5.41) is 2.92. The molecule has 4 nitrogen and oxygen atoms in total. The van der Waals surface area contributed by atoms with Crippen LogP contribution in [0.2, 0.25) is 0 Å². The average Bonchev–Trinajstić information content (AvgIpc) is 3.21. The molecule has 0 heterocycles. The highest BCUT2D eigenvalue weighted by atomic mass is 32.2. The molecular weight excluding hydrogens is 286 g/mol. The van der Waals surface area contributed by atoms with Crippen LogP contribution in [-0.4, -0.2) is 30.5 Å². The van der Waals surface area contributed by atoms with Gasteiger partial charge in [0.1, 0.15) is 0 Å². The van der Waals surface area contributed by atoms with E-state index in [2.05, 4.69) is 5.32 Å². The lowest BCUT2D eigenvalue weighted by Crippen LogP contribution is -2.18. The van der Waals surface area contributed by atoms with Crippen LogP contribution < -0.4 is 5.32 Å². The number of carbonyl (C=O) groups excluding carboxylic acids is 2. The van der Waals surface area contributed by atoms with Crippen molar-refractivity contribution < 1.29 is 14.3 Å². The Bertz CT molecular complexity index is 526. The third-order valence-corrected chi connectivity index (χ3v) is 5.05. The predicted octanol–water partition coefficient (Wildman–Crippen LogP) is 3.01. The van der Waals surface area contributed by atoms with Gasteiger partial charge in [-0.1, -0.05) is 18.2 Å². The maximum Gasteiger partial charge on any atom is 0.306 e. The topological polar surface area (TPSA) is 55.4 Å². The van der Waals surface area contributed by atoms with Gasteiger partial charge in [-0.2, -0.15) is 11.8 Å². The molecule has 5 heteroatoms. The minimum atomic E-state index is -0.155. The van der Waals surface area contributed by atoms with Gasteiger partial charge >= 0.3 is 5.97 Å². The average molecular weight is 307 g/mol. The van der Waals surface area contributed by atoms with Crippen molar-refractivity contribution in [1.82, 2.24) is 0 Å². The van der Waals surface area contributed by atoms with Crippen LogP contribution in [-0.2, 0) is 14.3 Å².